The molecule has 0 spiro atoms. The fourth-order valence-electron chi connectivity index (χ4n) is 3.00. The number of nitrogens with zero attached hydrogens (tertiary/aromatic N) is 2. The fraction of sp³-hybridized carbons (Fsp3) is 0.286. The van der Waals surface area contributed by atoms with Crippen molar-refractivity contribution in [2.45, 2.75) is 25.9 Å². The number of hydrogen-bond donors (Lipinski definition) is 2. The van der Waals surface area contributed by atoms with Crippen LogP contribution in [0.3, 0.4) is 0 Å². The van der Waals surface area contributed by atoms with Crippen molar-refractivity contribution in [1.29, 1.82) is 0 Å². The summed E-state index contributed by atoms with van der Waals surface area (Å²) in [6, 6.07) is 15.0. The second kappa shape index (κ2) is 8.68. The number of nitrogens with one attached hydrogen (secondary N) is 1. The lowest BCUT2D eigenvalue weighted by atomic mass is 10.0. The molecular weight excluding hydrogens is 345 g/mol. The molecule has 1 amide bonds. The van der Waals surface area contributed by atoms with Gasteiger partial charge in [-0.1, -0.05) is 43.7 Å². The van der Waals surface area contributed by atoms with Crippen molar-refractivity contribution < 1.29 is 19.3 Å². The Labute approximate surface area is 157 Å². The van der Waals surface area contributed by atoms with Gasteiger partial charge in [0.25, 0.3) is 5.91 Å². The standard InChI is InChI=1S/C21H22FN3O2/c1-2-6-19-18(13-23-14-20(26)15-7-4-3-5-8-15)21(27)25(24-19)17-11-9-16(22)10-12-17/h3-5,7-13,18,20,26H,2,6,14H2,1H3/p+1/t18-,20+/m1/s1. The van der Waals surface area contributed by atoms with Crippen molar-refractivity contribution in [1.82, 2.24) is 0 Å². The number of amides is 1. The van der Waals surface area contributed by atoms with Crippen LogP contribution in [0.5, 0.6) is 0 Å². The van der Waals surface area contributed by atoms with E-state index in [1.165, 1.54) is 29.3 Å². The third kappa shape index (κ3) is 4.46. The zero-order chi connectivity index (χ0) is 19.2. The summed E-state index contributed by atoms with van der Waals surface area (Å²) in [7, 11) is 0. The molecular formula is C21H23FN3O2+. The highest BCUT2D eigenvalue weighted by atomic mass is 19.1. The predicted octanol–water partition coefficient (Wildman–Crippen LogP) is 1.83. The first-order valence-corrected chi connectivity index (χ1v) is 9.06. The zero-order valence-corrected chi connectivity index (χ0v) is 15.2. The van der Waals surface area contributed by atoms with E-state index >= 15 is 0 Å². The molecule has 1 aliphatic rings. The van der Waals surface area contributed by atoms with Gasteiger partial charge in [0.05, 0.1) is 11.4 Å². The number of aliphatic hydroxyl groups is 1. The van der Waals surface area contributed by atoms with Gasteiger partial charge >= 0.3 is 0 Å². The summed E-state index contributed by atoms with van der Waals surface area (Å²) in [4.78, 5) is 15.9. The molecule has 5 nitrogen and oxygen atoms in total. The van der Waals surface area contributed by atoms with E-state index in [-0.39, 0.29) is 11.7 Å². The largest absolute Gasteiger partial charge is 0.382 e. The molecule has 0 bridgehead atoms. The monoisotopic (exact) mass is 368 g/mol. The van der Waals surface area contributed by atoms with Gasteiger partial charge in [-0.3, -0.25) is 4.79 Å². The molecule has 1 heterocycles. The molecule has 27 heavy (non-hydrogen) atoms. The molecule has 2 aromatic carbocycles. The van der Waals surface area contributed by atoms with Gasteiger partial charge in [0.15, 0.2) is 18.7 Å². The van der Waals surface area contributed by atoms with Crippen molar-refractivity contribution in [2.24, 2.45) is 11.0 Å². The van der Waals surface area contributed by atoms with Gasteiger partial charge in [-0.25, -0.2) is 9.38 Å². The summed E-state index contributed by atoms with van der Waals surface area (Å²) in [6.07, 6.45) is 2.57. The lowest BCUT2D eigenvalue weighted by molar-refractivity contribution is -0.466. The molecule has 0 radical (unpaired) electrons. The van der Waals surface area contributed by atoms with E-state index in [1.807, 2.05) is 37.3 Å². The zero-order valence-electron chi connectivity index (χ0n) is 15.2. The Morgan fingerprint density at radius 1 is 1.22 bits per heavy atom. The first-order valence-electron chi connectivity index (χ1n) is 9.06. The Morgan fingerprint density at radius 3 is 2.59 bits per heavy atom. The number of carbonyl (C=O) groups is 1. The summed E-state index contributed by atoms with van der Waals surface area (Å²) in [5, 5.41) is 16.0. The van der Waals surface area contributed by atoms with E-state index in [0.29, 0.717) is 18.7 Å². The molecule has 6 heteroatoms. The first kappa shape index (κ1) is 18.9. The average Bonchev–Trinajstić information content (AvgIpc) is 2.99. The number of hydrazone groups is 1. The summed E-state index contributed by atoms with van der Waals surface area (Å²) < 4.78 is 13.1. The van der Waals surface area contributed by atoms with Crippen LogP contribution < -0.4 is 10.0 Å². The van der Waals surface area contributed by atoms with Gasteiger partial charge in [0.1, 0.15) is 11.9 Å². The van der Waals surface area contributed by atoms with Crippen LogP contribution in [0.4, 0.5) is 10.1 Å². The van der Waals surface area contributed by atoms with Crippen molar-refractivity contribution in [3.63, 3.8) is 0 Å². The van der Waals surface area contributed by atoms with Gasteiger partial charge in [-0.15, -0.1) is 0 Å². The van der Waals surface area contributed by atoms with E-state index in [4.69, 9.17) is 0 Å². The fourth-order valence-corrected chi connectivity index (χ4v) is 3.00. The van der Waals surface area contributed by atoms with Crippen LogP contribution in [-0.4, -0.2) is 29.5 Å². The van der Waals surface area contributed by atoms with Gasteiger partial charge in [-0.2, -0.15) is 10.1 Å². The van der Waals surface area contributed by atoms with Crippen molar-refractivity contribution in [3.05, 3.63) is 66.0 Å². The van der Waals surface area contributed by atoms with Gasteiger partial charge in [-0.05, 0) is 36.2 Å². The van der Waals surface area contributed by atoms with Crippen LogP contribution in [0.1, 0.15) is 31.4 Å². The Kier molecular flexibility index (Phi) is 6.08. The van der Waals surface area contributed by atoms with Crippen molar-refractivity contribution in [2.75, 3.05) is 11.6 Å². The minimum absolute atomic E-state index is 0.188. The maximum Gasteiger partial charge on any atom is 0.266 e. The quantitative estimate of drug-likeness (QED) is 0.733. The van der Waals surface area contributed by atoms with Crippen LogP contribution in [0.2, 0.25) is 0 Å². The van der Waals surface area contributed by atoms with Crippen molar-refractivity contribution >= 4 is 23.5 Å². The minimum Gasteiger partial charge on any atom is -0.382 e. The number of carbonyl (C=O) groups excluding carboxylic acids is 1. The maximum absolute atomic E-state index is 13.1. The second-order valence-electron chi connectivity index (χ2n) is 6.45. The predicted molar refractivity (Wildman–Crippen MR) is 103 cm³/mol. The molecule has 2 N–H and O–H groups in total. The average molecular weight is 368 g/mol. The summed E-state index contributed by atoms with van der Waals surface area (Å²) in [6.45, 7) is 2.32. The Balaban J connectivity index is 1.72. The van der Waals surface area contributed by atoms with E-state index in [2.05, 4.69) is 10.1 Å². The summed E-state index contributed by atoms with van der Waals surface area (Å²) in [5.74, 6) is -1.05. The number of hydrogen-bond acceptors (Lipinski definition) is 3. The van der Waals surface area contributed by atoms with E-state index in [9.17, 15) is 14.3 Å². The van der Waals surface area contributed by atoms with Crippen LogP contribution >= 0.6 is 0 Å². The molecule has 0 unspecified atom stereocenters. The van der Waals surface area contributed by atoms with Crippen LogP contribution in [0, 0.1) is 11.7 Å². The molecule has 1 aliphatic heterocycles. The molecule has 3 rings (SSSR count). The third-order valence-corrected chi connectivity index (χ3v) is 4.42. The summed E-state index contributed by atoms with van der Waals surface area (Å²) in [5.41, 5.74) is 2.11. The first-order chi connectivity index (χ1) is 13.1. The molecule has 140 valence electrons. The van der Waals surface area contributed by atoms with E-state index < -0.39 is 12.0 Å². The molecule has 0 aromatic heterocycles. The number of anilines is 1. The Bertz CT molecular complexity index is 834. The molecule has 2 aromatic rings. The van der Waals surface area contributed by atoms with E-state index in [1.54, 1.807) is 6.21 Å². The second-order valence-corrected chi connectivity index (χ2v) is 6.45. The molecule has 0 saturated heterocycles. The van der Waals surface area contributed by atoms with Gasteiger partial charge < -0.3 is 5.11 Å². The minimum atomic E-state index is -0.668. The number of rotatable bonds is 7. The Morgan fingerprint density at radius 2 is 1.93 bits per heavy atom. The van der Waals surface area contributed by atoms with Crippen LogP contribution in [-0.2, 0) is 4.79 Å². The van der Waals surface area contributed by atoms with E-state index in [0.717, 1.165) is 17.7 Å². The molecule has 0 aliphatic carbocycles. The number of aliphatic hydroxyl groups excluding tert-OH is 1. The topological polar surface area (TPSA) is 66.9 Å². The van der Waals surface area contributed by atoms with Crippen LogP contribution in [0.15, 0.2) is 59.7 Å². The van der Waals surface area contributed by atoms with Crippen LogP contribution in [0.25, 0.3) is 0 Å². The highest BCUT2D eigenvalue weighted by Gasteiger charge is 2.37. The normalized spacial score (nSPS) is 18.2. The lowest BCUT2D eigenvalue weighted by Crippen LogP contribution is -2.72. The lowest BCUT2D eigenvalue weighted by Gasteiger charge is -2.12. The SMILES string of the molecule is CCCC1=NN(c2ccc(F)cc2)C(=O)[C@@H]1C=[NH+]C[C@H](O)c1ccccc1. The third-order valence-electron chi connectivity index (χ3n) is 4.42. The van der Waals surface area contributed by atoms with Gasteiger partial charge in [0.2, 0.25) is 0 Å². The highest BCUT2D eigenvalue weighted by Crippen LogP contribution is 2.24. The summed E-state index contributed by atoms with van der Waals surface area (Å²) >= 11 is 0. The van der Waals surface area contributed by atoms with Crippen molar-refractivity contribution in [3.8, 4) is 0 Å². The molecule has 2 atom stereocenters. The smallest absolute Gasteiger partial charge is 0.266 e. The maximum atomic E-state index is 13.1. The van der Waals surface area contributed by atoms with Gasteiger partial charge in [0, 0.05) is 0 Å². The molecule has 0 saturated carbocycles. The highest BCUT2D eigenvalue weighted by molar-refractivity contribution is 6.23. The number of benzene rings is 2. The Hall–Kier alpha value is -2.86. The molecule has 0 fully saturated rings. The number of halogens is 1.